The highest BCUT2D eigenvalue weighted by atomic mass is 16.3. The molecule has 0 radical (unpaired) electrons. The van der Waals surface area contributed by atoms with Crippen LogP contribution in [0.1, 0.15) is 25.8 Å². The first kappa shape index (κ1) is 12.5. The van der Waals surface area contributed by atoms with Crippen molar-refractivity contribution in [2.75, 3.05) is 0 Å². The van der Waals surface area contributed by atoms with E-state index in [4.69, 9.17) is 4.42 Å². The second-order valence-corrected chi connectivity index (χ2v) is 6.49. The van der Waals surface area contributed by atoms with Gasteiger partial charge in [-0.15, -0.1) is 0 Å². The third-order valence-electron chi connectivity index (χ3n) is 4.27. The normalized spacial score (nSPS) is 17.3. The SMILES string of the molecule is CC1(C)C=CC(c2ccc3c(c2)oc2ccccc23)=CC1. The van der Waals surface area contributed by atoms with Crippen molar-refractivity contribution in [2.24, 2.45) is 5.41 Å². The monoisotopic (exact) mass is 274 g/mol. The van der Waals surface area contributed by atoms with Gasteiger partial charge in [-0.1, -0.05) is 56.3 Å². The van der Waals surface area contributed by atoms with E-state index in [2.05, 4.69) is 62.4 Å². The van der Waals surface area contributed by atoms with Crippen molar-refractivity contribution in [1.29, 1.82) is 0 Å². The van der Waals surface area contributed by atoms with Crippen LogP contribution in [0, 0.1) is 5.41 Å². The van der Waals surface area contributed by atoms with E-state index in [1.165, 1.54) is 21.9 Å². The molecule has 1 aromatic heterocycles. The van der Waals surface area contributed by atoms with Crippen LogP contribution < -0.4 is 0 Å². The highest BCUT2D eigenvalue weighted by Gasteiger charge is 2.17. The first-order valence-electron chi connectivity index (χ1n) is 7.43. The van der Waals surface area contributed by atoms with Gasteiger partial charge >= 0.3 is 0 Å². The average Bonchev–Trinajstić information content (AvgIpc) is 2.84. The maximum absolute atomic E-state index is 5.97. The van der Waals surface area contributed by atoms with Gasteiger partial charge in [0.1, 0.15) is 11.2 Å². The van der Waals surface area contributed by atoms with Crippen LogP contribution >= 0.6 is 0 Å². The molecule has 0 aliphatic heterocycles. The summed E-state index contributed by atoms with van der Waals surface area (Å²) in [5.41, 5.74) is 4.71. The second kappa shape index (κ2) is 4.36. The minimum absolute atomic E-state index is 0.271. The summed E-state index contributed by atoms with van der Waals surface area (Å²) in [6.45, 7) is 4.53. The number of para-hydroxylation sites is 1. The quantitative estimate of drug-likeness (QED) is 0.534. The van der Waals surface area contributed by atoms with Gasteiger partial charge in [-0.05, 0) is 41.2 Å². The molecule has 0 fully saturated rings. The van der Waals surface area contributed by atoms with E-state index in [-0.39, 0.29) is 5.41 Å². The lowest BCUT2D eigenvalue weighted by Gasteiger charge is -2.22. The van der Waals surface area contributed by atoms with Gasteiger partial charge in [0.15, 0.2) is 0 Å². The first-order valence-corrected chi connectivity index (χ1v) is 7.43. The van der Waals surface area contributed by atoms with Crippen molar-refractivity contribution in [3.05, 3.63) is 66.3 Å². The van der Waals surface area contributed by atoms with Crippen LogP contribution in [-0.2, 0) is 0 Å². The largest absolute Gasteiger partial charge is 0.456 e. The molecule has 0 atom stereocenters. The maximum atomic E-state index is 5.97. The topological polar surface area (TPSA) is 13.1 Å². The molecule has 1 heteroatoms. The van der Waals surface area contributed by atoms with Gasteiger partial charge in [-0.2, -0.15) is 0 Å². The molecular formula is C20H18O. The molecule has 0 spiro atoms. The fourth-order valence-corrected chi connectivity index (χ4v) is 2.94. The van der Waals surface area contributed by atoms with Gasteiger partial charge in [0.25, 0.3) is 0 Å². The van der Waals surface area contributed by atoms with E-state index < -0.39 is 0 Å². The van der Waals surface area contributed by atoms with Crippen molar-refractivity contribution in [3.8, 4) is 0 Å². The predicted octanol–water partition coefficient (Wildman–Crippen LogP) is 5.96. The molecule has 3 aromatic rings. The molecule has 104 valence electrons. The van der Waals surface area contributed by atoms with Gasteiger partial charge in [0.2, 0.25) is 0 Å². The number of hydrogen-bond acceptors (Lipinski definition) is 1. The Morgan fingerprint density at radius 3 is 2.57 bits per heavy atom. The third kappa shape index (κ3) is 2.09. The summed E-state index contributed by atoms with van der Waals surface area (Å²) in [7, 11) is 0. The molecule has 1 aliphatic carbocycles. The lowest BCUT2D eigenvalue weighted by atomic mass is 9.83. The molecule has 21 heavy (non-hydrogen) atoms. The number of fused-ring (bicyclic) bond motifs is 3. The van der Waals surface area contributed by atoms with Crippen molar-refractivity contribution in [3.63, 3.8) is 0 Å². The van der Waals surface area contributed by atoms with Crippen LogP contribution in [0.25, 0.3) is 27.5 Å². The summed E-state index contributed by atoms with van der Waals surface area (Å²) in [6, 6.07) is 14.7. The molecule has 0 bridgehead atoms. The summed E-state index contributed by atoms with van der Waals surface area (Å²) in [4.78, 5) is 0. The summed E-state index contributed by atoms with van der Waals surface area (Å²) < 4.78 is 5.97. The number of hydrogen-bond donors (Lipinski definition) is 0. The number of rotatable bonds is 1. The Kier molecular flexibility index (Phi) is 2.58. The van der Waals surface area contributed by atoms with E-state index in [0.717, 1.165) is 17.6 Å². The van der Waals surface area contributed by atoms with Crippen molar-refractivity contribution >= 4 is 27.5 Å². The molecule has 0 saturated heterocycles. The molecule has 1 aliphatic rings. The second-order valence-electron chi connectivity index (χ2n) is 6.49. The van der Waals surface area contributed by atoms with Gasteiger partial charge in [-0.3, -0.25) is 0 Å². The van der Waals surface area contributed by atoms with Crippen molar-refractivity contribution < 1.29 is 4.42 Å². The molecule has 0 unspecified atom stereocenters. The van der Waals surface area contributed by atoms with Crippen LogP contribution in [0.2, 0.25) is 0 Å². The average molecular weight is 274 g/mol. The highest BCUT2D eigenvalue weighted by Crippen LogP contribution is 2.35. The third-order valence-corrected chi connectivity index (χ3v) is 4.27. The summed E-state index contributed by atoms with van der Waals surface area (Å²) in [5.74, 6) is 0. The lowest BCUT2D eigenvalue weighted by Crippen LogP contribution is -2.08. The Bertz CT molecular complexity index is 890. The molecule has 2 aromatic carbocycles. The van der Waals surface area contributed by atoms with E-state index in [0.29, 0.717) is 0 Å². The summed E-state index contributed by atoms with van der Waals surface area (Å²) >= 11 is 0. The zero-order chi connectivity index (χ0) is 14.4. The van der Waals surface area contributed by atoms with Crippen LogP contribution in [-0.4, -0.2) is 0 Å². The van der Waals surface area contributed by atoms with E-state index in [9.17, 15) is 0 Å². The fraction of sp³-hybridized carbons (Fsp3) is 0.200. The number of furan rings is 1. The minimum atomic E-state index is 0.271. The standard InChI is InChI=1S/C20H18O/c1-20(2)11-9-14(10-12-20)15-7-8-17-16-5-3-4-6-18(16)21-19(17)13-15/h3-11,13H,12H2,1-2H3. The van der Waals surface area contributed by atoms with Gasteiger partial charge in [0.05, 0.1) is 0 Å². The van der Waals surface area contributed by atoms with E-state index in [1.54, 1.807) is 0 Å². The Morgan fingerprint density at radius 1 is 0.952 bits per heavy atom. The highest BCUT2D eigenvalue weighted by molar-refractivity contribution is 6.05. The maximum Gasteiger partial charge on any atom is 0.136 e. The zero-order valence-corrected chi connectivity index (χ0v) is 12.4. The lowest BCUT2D eigenvalue weighted by molar-refractivity contribution is 0.485. The molecule has 1 nitrogen and oxygen atoms in total. The fourth-order valence-electron chi connectivity index (χ4n) is 2.94. The predicted molar refractivity (Wildman–Crippen MR) is 89.2 cm³/mol. The number of benzene rings is 2. The van der Waals surface area contributed by atoms with Gasteiger partial charge < -0.3 is 4.42 Å². The van der Waals surface area contributed by atoms with Crippen LogP contribution in [0.15, 0.2) is 65.1 Å². The van der Waals surface area contributed by atoms with Gasteiger partial charge in [0, 0.05) is 10.8 Å². The summed E-state index contributed by atoms with van der Waals surface area (Å²) in [6.07, 6.45) is 7.93. The smallest absolute Gasteiger partial charge is 0.136 e. The van der Waals surface area contributed by atoms with E-state index >= 15 is 0 Å². The zero-order valence-electron chi connectivity index (χ0n) is 12.4. The van der Waals surface area contributed by atoms with Gasteiger partial charge in [-0.25, -0.2) is 0 Å². The number of allylic oxidation sites excluding steroid dienone is 4. The van der Waals surface area contributed by atoms with Crippen molar-refractivity contribution in [1.82, 2.24) is 0 Å². The molecule has 0 N–H and O–H groups in total. The Hall–Kier alpha value is -2.28. The Balaban J connectivity index is 1.83. The Morgan fingerprint density at radius 2 is 1.76 bits per heavy atom. The minimum Gasteiger partial charge on any atom is -0.456 e. The first-order chi connectivity index (χ1) is 10.1. The molecule has 1 heterocycles. The molecule has 0 saturated carbocycles. The van der Waals surface area contributed by atoms with Crippen LogP contribution in [0.4, 0.5) is 0 Å². The molecule has 4 rings (SSSR count). The van der Waals surface area contributed by atoms with Crippen LogP contribution in [0.3, 0.4) is 0 Å². The van der Waals surface area contributed by atoms with Crippen molar-refractivity contribution in [2.45, 2.75) is 20.3 Å². The van der Waals surface area contributed by atoms with Crippen LogP contribution in [0.5, 0.6) is 0 Å². The Labute approximate surface area is 124 Å². The van der Waals surface area contributed by atoms with E-state index in [1.807, 2.05) is 12.1 Å². The molecule has 0 amide bonds. The molecular weight excluding hydrogens is 256 g/mol. The summed E-state index contributed by atoms with van der Waals surface area (Å²) in [5, 5.41) is 2.38.